The lowest BCUT2D eigenvalue weighted by Gasteiger charge is -2.14. The van der Waals surface area contributed by atoms with Crippen LogP contribution in [-0.4, -0.2) is 38.2 Å². The number of halogens is 1. The third-order valence-corrected chi connectivity index (χ3v) is 6.52. The van der Waals surface area contributed by atoms with E-state index in [-0.39, 0.29) is 16.6 Å². The summed E-state index contributed by atoms with van der Waals surface area (Å²) in [6.45, 7) is 0.346. The third kappa shape index (κ3) is 4.87. The molecule has 0 unspecified atom stereocenters. The van der Waals surface area contributed by atoms with Gasteiger partial charge in [0.2, 0.25) is 5.91 Å². The van der Waals surface area contributed by atoms with E-state index in [1.807, 2.05) is 18.4 Å². The first-order valence-corrected chi connectivity index (χ1v) is 11.9. The van der Waals surface area contributed by atoms with E-state index in [1.54, 1.807) is 42.1 Å². The van der Waals surface area contributed by atoms with E-state index in [9.17, 15) is 13.2 Å². The number of nitrogens with one attached hydrogen (secondary N) is 2. The average Bonchev–Trinajstić information content (AvgIpc) is 2.95. The third-order valence-electron chi connectivity index (χ3n) is 4.23. The minimum atomic E-state index is -3.64. The van der Waals surface area contributed by atoms with Crippen LogP contribution in [0.4, 0.5) is 0 Å². The molecule has 1 heterocycles. The molecule has 6 nitrogen and oxygen atoms in total. The second-order valence-corrected chi connectivity index (χ2v) is 9.29. The van der Waals surface area contributed by atoms with Crippen molar-refractivity contribution in [2.45, 2.75) is 23.9 Å². The van der Waals surface area contributed by atoms with Crippen molar-refractivity contribution in [3.8, 4) is 0 Å². The SMILES string of the molecule is CSCC[C@H](N=C1NS(=O)(=O)c2ccccc21)C(=O)NCc1ccc(Cl)cc1. The van der Waals surface area contributed by atoms with Gasteiger partial charge in [-0.25, -0.2) is 8.42 Å². The van der Waals surface area contributed by atoms with Gasteiger partial charge in [-0.2, -0.15) is 11.8 Å². The number of benzene rings is 2. The van der Waals surface area contributed by atoms with Crippen LogP contribution in [0.3, 0.4) is 0 Å². The number of nitrogens with zero attached hydrogens (tertiary/aromatic N) is 1. The molecule has 0 bridgehead atoms. The van der Waals surface area contributed by atoms with Crippen molar-refractivity contribution in [1.29, 1.82) is 0 Å². The maximum absolute atomic E-state index is 12.7. The molecule has 2 N–H and O–H groups in total. The van der Waals surface area contributed by atoms with E-state index in [4.69, 9.17) is 11.6 Å². The molecule has 0 radical (unpaired) electrons. The minimum absolute atomic E-state index is 0.180. The fraction of sp³-hybridized carbons (Fsp3) is 0.263. The van der Waals surface area contributed by atoms with E-state index in [0.29, 0.717) is 23.6 Å². The predicted octanol–water partition coefficient (Wildman–Crippen LogP) is 2.82. The van der Waals surface area contributed by atoms with Crippen LogP contribution in [0.1, 0.15) is 17.5 Å². The Morgan fingerprint density at radius 1 is 1.21 bits per heavy atom. The second-order valence-electron chi connectivity index (χ2n) is 6.22. The highest BCUT2D eigenvalue weighted by molar-refractivity contribution is 7.98. The number of thioether (sulfide) groups is 1. The van der Waals surface area contributed by atoms with Gasteiger partial charge >= 0.3 is 0 Å². The van der Waals surface area contributed by atoms with Crippen LogP contribution < -0.4 is 10.0 Å². The van der Waals surface area contributed by atoms with Gasteiger partial charge < -0.3 is 5.32 Å². The molecule has 1 aliphatic heterocycles. The molecule has 1 aliphatic rings. The Labute approximate surface area is 173 Å². The number of sulfonamides is 1. The first-order chi connectivity index (χ1) is 13.4. The summed E-state index contributed by atoms with van der Waals surface area (Å²) in [5.74, 6) is 0.688. The van der Waals surface area contributed by atoms with Crippen LogP contribution >= 0.6 is 23.4 Å². The van der Waals surface area contributed by atoms with Gasteiger partial charge in [0.25, 0.3) is 10.0 Å². The van der Waals surface area contributed by atoms with Crippen molar-refractivity contribution in [3.63, 3.8) is 0 Å². The molecule has 9 heteroatoms. The van der Waals surface area contributed by atoms with Crippen LogP contribution in [0.5, 0.6) is 0 Å². The zero-order valence-electron chi connectivity index (χ0n) is 15.2. The topological polar surface area (TPSA) is 87.6 Å². The highest BCUT2D eigenvalue weighted by atomic mass is 35.5. The van der Waals surface area contributed by atoms with Crippen LogP contribution in [-0.2, 0) is 21.4 Å². The number of carbonyl (C=O) groups is 1. The summed E-state index contributed by atoms with van der Waals surface area (Å²) in [7, 11) is -3.64. The molecule has 0 fully saturated rings. The molecule has 2 aromatic carbocycles. The highest BCUT2D eigenvalue weighted by Gasteiger charge is 2.31. The maximum Gasteiger partial charge on any atom is 0.263 e. The van der Waals surface area contributed by atoms with Crippen LogP contribution in [0.25, 0.3) is 0 Å². The van der Waals surface area contributed by atoms with Gasteiger partial charge in [-0.1, -0.05) is 35.9 Å². The number of fused-ring (bicyclic) bond motifs is 1. The molecule has 2 aromatic rings. The molecule has 0 saturated heterocycles. The quantitative estimate of drug-likeness (QED) is 0.697. The lowest BCUT2D eigenvalue weighted by molar-refractivity contribution is -0.122. The molecule has 28 heavy (non-hydrogen) atoms. The van der Waals surface area contributed by atoms with Crippen LogP contribution in [0.15, 0.2) is 58.4 Å². The Morgan fingerprint density at radius 2 is 1.93 bits per heavy atom. The summed E-state index contributed by atoms with van der Waals surface area (Å²) in [6.07, 6.45) is 2.45. The molecule has 0 spiro atoms. The first-order valence-electron chi connectivity index (χ1n) is 8.62. The molecular formula is C19H20ClN3O3S2. The van der Waals surface area contributed by atoms with Gasteiger partial charge in [-0.3, -0.25) is 14.5 Å². The normalized spacial score (nSPS) is 17.0. The predicted molar refractivity (Wildman–Crippen MR) is 113 cm³/mol. The number of rotatable bonds is 7. The van der Waals surface area contributed by atoms with E-state index in [2.05, 4.69) is 15.0 Å². The molecular weight excluding hydrogens is 418 g/mol. The maximum atomic E-state index is 12.7. The Kier molecular flexibility index (Phi) is 6.64. The van der Waals surface area contributed by atoms with Gasteiger partial charge in [-0.05, 0) is 48.3 Å². The zero-order chi connectivity index (χ0) is 20.1. The summed E-state index contributed by atoms with van der Waals surface area (Å²) in [5.41, 5.74) is 1.41. The lowest BCUT2D eigenvalue weighted by atomic mass is 10.1. The van der Waals surface area contributed by atoms with Crippen molar-refractivity contribution >= 4 is 45.1 Å². The van der Waals surface area contributed by atoms with E-state index in [0.717, 1.165) is 11.3 Å². The Morgan fingerprint density at radius 3 is 2.64 bits per heavy atom. The van der Waals surface area contributed by atoms with E-state index < -0.39 is 16.1 Å². The number of amides is 1. The first kappa shape index (κ1) is 20.7. The van der Waals surface area contributed by atoms with Gasteiger partial charge in [0.1, 0.15) is 11.9 Å². The van der Waals surface area contributed by atoms with Crippen molar-refractivity contribution in [3.05, 3.63) is 64.7 Å². The van der Waals surface area contributed by atoms with Gasteiger partial charge in [0.15, 0.2) is 0 Å². The Bertz CT molecular complexity index is 992. The molecule has 3 rings (SSSR count). The molecule has 0 saturated carbocycles. The van der Waals surface area contributed by atoms with Gasteiger partial charge in [-0.15, -0.1) is 0 Å². The fourth-order valence-electron chi connectivity index (χ4n) is 2.78. The lowest BCUT2D eigenvalue weighted by Crippen LogP contribution is -2.35. The van der Waals surface area contributed by atoms with Crippen LogP contribution in [0, 0.1) is 0 Å². The molecule has 0 aromatic heterocycles. The Hall–Kier alpha value is -2.03. The fourth-order valence-corrected chi connectivity index (χ4v) is 4.60. The van der Waals surface area contributed by atoms with Crippen molar-refractivity contribution in [2.24, 2.45) is 4.99 Å². The summed E-state index contributed by atoms with van der Waals surface area (Å²) < 4.78 is 27.0. The smallest absolute Gasteiger partial charge is 0.263 e. The standard InChI is InChI=1S/C19H20ClN3O3S2/c1-27-11-10-16(19(24)21-12-13-6-8-14(20)9-7-13)22-18-15-4-2-3-5-17(15)28(25,26)23-18/h2-9,16H,10-12H2,1H3,(H,21,24)(H,22,23)/t16-/m0/s1. The second kappa shape index (κ2) is 8.98. The summed E-state index contributed by atoms with van der Waals surface area (Å²) in [5, 5.41) is 3.50. The van der Waals surface area contributed by atoms with Crippen molar-refractivity contribution < 1.29 is 13.2 Å². The number of amidine groups is 1. The monoisotopic (exact) mass is 437 g/mol. The largest absolute Gasteiger partial charge is 0.350 e. The highest BCUT2D eigenvalue weighted by Crippen LogP contribution is 2.23. The molecule has 148 valence electrons. The summed E-state index contributed by atoms with van der Waals surface area (Å²) in [6, 6.07) is 13.1. The van der Waals surface area contributed by atoms with Gasteiger partial charge in [0.05, 0.1) is 4.90 Å². The summed E-state index contributed by atoms with van der Waals surface area (Å²) >= 11 is 7.48. The number of carbonyl (C=O) groups excluding carboxylic acids is 1. The van der Waals surface area contributed by atoms with Gasteiger partial charge in [0, 0.05) is 17.1 Å². The average molecular weight is 438 g/mol. The number of hydrogen-bond acceptors (Lipinski definition) is 5. The van der Waals surface area contributed by atoms with E-state index >= 15 is 0 Å². The number of hydrogen-bond donors (Lipinski definition) is 2. The van der Waals surface area contributed by atoms with E-state index in [1.165, 1.54) is 6.07 Å². The summed E-state index contributed by atoms with van der Waals surface area (Å²) in [4.78, 5) is 17.4. The Balaban J connectivity index is 1.79. The van der Waals surface area contributed by atoms with Crippen molar-refractivity contribution in [2.75, 3.05) is 12.0 Å². The molecule has 0 aliphatic carbocycles. The minimum Gasteiger partial charge on any atom is -0.350 e. The molecule has 1 amide bonds. The number of aliphatic imine (C=N–C) groups is 1. The van der Waals surface area contributed by atoms with Crippen molar-refractivity contribution in [1.82, 2.24) is 10.0 Å². The van der Waals surface area contributed by atoms with Crippen LogP contribution in [0.2, 0.25) is 5.02 Å². The molecule has 1 atom stereocenters. The zero-order valence-corrected chi connectivity index (χ0v) is 17.6.